The molecule has 16 heavy (non-hydrogen) atoms. The summed E-state index contributed by atoms with van der Waals surface area (Å²) in [4.78, 5) is 0. The van der Waals surface area contributed by atoms with Crippen molar-refractivity contribution in [1.82, 2.24) is 0 Å². The van der Waals surface area contributed by atoms with Crippen molar-refractivity contribution < 1.29 is 4.74 Å². The zero-order valence-electron chi connectivity index (χ0n) is 8.48. The van der Waals surface area contributed by atoms with Gasteiger partial charge in [0.2, 0.25) is 0 Å². The number of benzene rings is 2. The number of anilines is 1. The zero-order chi connectivity index (χ0) is 11.4. The first-order valence-corrected chi connectivity index (χ1v) is 5.16. The van der Waals surface area contributed by atoms with E-state index < -0.39 is 0 Å². The van der Waals surface area contributed by atoms with E-state index in [2.05, 4.69) is 5.43 Å². The summed E-state index contributed by atoms with van der Waals surface area (Å²) in [7, 11) is 0. The molecular weight excluding hydrogens is 224 g/mol. The maximum absolute atomic E-state index is 5.79. The second-order valence-corrected chi connectivity index (χ2v) is 3.63. The van der Waals surface area contributed by atoms with Crippen LogP contribution in [0.25, 0.3) is 0 Å². The quantitative estimate of drug-likeness (QED) is 0.632. The third-order valence-corrected chi connectivity index (χ3v) is 2.34. The molecule has 0 aliphatic heterocycles. The summed E-state index contributed by atoms with van der Waals surface area (Å²) in [6.45, 7) is 0. The van der Waals surface area contributed by atoms with Crippen LogP contribution in [0, 0.1) is 0 Å². The molecule has 0 aliphatic carbocycles. The second-order valence-electron chi connectivity index (χ2n) is 3.20. The van der Waals surface area contributed by atoms with E-state index in [0.717, 1.165) is 5.69 Å². The van der Waals surface area contributed by atoms with Crippen LogP contribution in [-0.4, -0.2) is 0 Å². The van der Waals surface area contributed by atoms with E-state index in [0.29, 0.717) is 16.5 Å². The summed E-state index contributed by atoms with van der Waals surface area (Å²) in [6, 6.07) is 14.6. The average Bonchev–Trinajstić information content (AvgIpc) is 2.33. The molecule has 0 radical (unpaired) electrons. The molecule has 4 heteroatoms. The van der Waals surface area contributed by atoms with Gasteiger partial charge in [-0.2, -0.15) is 0 Å². The minimum atomic E-state index is 0.673. The van der Waals surface area contributed by atoms with Gasteiger partial charge in [0, 0.05) is 5.02 Å². The van der Waals surface area contributed by atoms with Gasteiger partial charge in [-0.3, -0.25) is 5.84 Å². The van der Waals surface area contributed by atoms with E-state index in [9.17, 15) is 0 Å². The van der Waals surface area contributed by atoms with Crippen LogP contribution < -0.4 is 16.0 Å². The van der Waals surface area contributed by atoms with Crippen molar-refractivity contribution in [2.24, 2.45) is 5.84 Å². The van der Waals surface area contributed by atoms with Gasteiger partial charge in [0.1, 0.15) is 5.75 Å². The Balaban J connectivity index is 2.23. The number of hydrazine groups is 1. The Morgan fingerprint density at radius 1 is 1.00 bits per heavy atom. The van der Waals surface area contributed by atoms with Gasteiger partial charge in [-0.05, 0) is 36.4 Å². The molecule has 0 saturated carbocycles. The number of halogens is 1. The molecule has 0 aliphatic rings. The number of hydrogen-bond donors (Lipinski definition) is 2. The molecule has 0 fully saturated rings. The molecule has 0 saturated heterocycles. The van der Waals surface area contributed by atoms with E-state index in [-0.39, 0.29) is 0 Å². The van der Waals surface area contributed by atoms with Crippen LogP contribution in [0.1, 0.15) is 0 Å². The number of nitrogen functional groups attached to an aromatic ring is 1. The number of ether oxygens (including phenoxy) is 1. The third kappa shape index (κ3) is 2.45. The van der Waals surface area contributed by atoms with Crippen molar-refractivity contribution in [2.75, 3.05) is 5.43 Å². The SMILES string of the molecule is NNc1ccccc1Oc1ccc(Cl)cc1. The lowest BCUT2D eigenvalue weighted by Gasteiger charge is -2.10. The zero-order valence-corrected chi connectivity index (χ0v) is 9.24. The molecule has 3 N–H and O–H groups in total. The normalized spacial score (nSPS) is 9.88. The summed E-state index contributed by atoms with van der Waals surface area (Å²) in [5, 5.41) is 0.678. The fourth-order valence-electron chi connectivity index (χ4n) is 1.30. The van der Waals surface area contributed by atoms with Gasteiger partial charge in [-0.15, -0.1) is 0 Å². The lowest BCUT2D eigenvalue weighted by atomic mass is 10.3. The van der Waals surface area contributed by atoms with Gasteiger partial charge in [-0.1, -0.05) is 23.7 Å². The topological polar surface area (TPSA) is 47.3 Å². The van der Waals surface area contributed by atoms with Crippen molar-refractivity contribution in [3.05, 3.63) is 53.6 Å². The summed E-state index contributed by atoms with van der Waals surface area (Å²) in [5.41, 5.74) is 3.31. The molecule has 2 rings (SSSR count). The molecule has 0 bridgehead atoms. The van der Waals surface area contributed by atoms with Crippen LogP contribution in [-0.2, 0) is 0 Å². The predicted molar refractivity (Wildman–Crippen MR) is 65.8 cm³/mol. The summed E-state index contributed by atoms with van der Waals surface area (Å²) < 4.78 is 5.65. The molecule has 82 valence electrons. The van der Waals surface area contributed by atoms with E-state index in [1.807, 2.05) is 24.3 Å². The first-order chi connectivity index (χ1) is 7.79. The molecule has 3 nitrogen and oxygen atoms in total. The fraction of sp³-hybridized carbons (Fsp3) is 0. The standard InChI is InChI=1S/C12H11ClN2O/c13-9-5-7-10(8-6-9)16-12-4-2-1-3-11(12)15-14/h1-8,15H,14H2. The molecular formula is C12H11ClN2O. The number of nitrogens with two attached hydrogens (primary N) is 1. The first kappa shape index (κ1) is 10.8. The Hall–Kier alpha value is -1.71. The lowest BCUT2D eigenvalue weighted by Crippen LogP contribution is -2.07. The van der Waals surface area contributed by atoms with Gasteiger partial charge >= 0.3 is 0 Å². The van der Waals surface area contributed by atoms with E-state index >= 15 is 0 Å². The molecule has 0 spiro atoms. The van der Waals surface area contributed by atoms with E-state index in [4.69, 9.17) is 22.2 Å². The van der Waals surface area contributed by atoms with Crippen LogP contribution in [0.4, 0.5) is 5.69 Å². The highest BCUT2D eigenvalue weighted by Crippen LogP contribution is 2.28. The number of para-hydroxylation sites is 2. The number of hydrogen-bond acceptors (Lipinski definition) is 3. The second kappa shape index (κ2) is 4.88. The Morgan fingerprint density at radius 2 is 1.69 bits per heavy atom. The van der Waals surface area contributed by atoms with Crippen molar-refractivity contribution in [3.63, 3.8) is 0 Å². The maximum atomic E-state index is 5.79. The molecule has 0 heterocycles. The van der Waals surface area contributed by atoms with Crippen LogP contribution in [0.5, 0.6) is 11.5 Å². The summed E-state index contributed by atoms with van der Waals surface area (Å²) >= 11 is 5.79. The highest BCUT2D eigenvalue weighted by Gasteiger charge is 2.02. The average molecular weight is 235 g/mol. The first-order valence-electron chi connectivity index (χ1n) is 4.78. The minimum absolute atomic E-state index is 0.673. The summed E-state index contributed by atoms with van der Waals surface area (Å²) in [6.07, 6.45) is 0. The Labute approximate surface area is 98.8 Å². The van der Waals surface area contributed by atoms with Crippen molar-refractivity contribution >= 4 is 17.3 Å². The smallest absolute Gasteiger partial charge is 0.151 e. The number of nitrogens with one attached hydrogen (secondary N) is 1. The highest BCUT2D eigenvalue weighted by molar-refractivity contribution is 6.30. The minimum Gasteiger partial charge on any atom is -0.455 e. The predicted octanol–water partition coefficient (Wildman–Crippen LogP) is 3.42. The fourth-order valence-corrected chi connectivity index (χ4v) is 1.43. The van der Waals surface area contributed by atoms with E-state index in [1.165, 1.54) is 0 Å². The molecule has 2 aromatic rings. The molecule has 0 atom stereocenters. The van der Waals surface area contributed by atoms with Crippen LogP contribution in [0.3, 0.4) is 0 Å². The Kier molecular flexibility index (Phi) is 3.29. The highest BCUT2D eigenvalue weighted by atomic mass is 35.5. The van der Waals surface area contributed by atoms with Gasteiger partial charge in [0.15, 0.2) is 5.75 Å². The van der Waals surface area contributed by atoms with Gasteiger partial charge in [0.05, 0.1) is 5.69 Å². The molecule has 0 amide bonds. The van der Waals surface area contributed by atoms with Gasteiger partial charge < -0.3 is 10.2 Å². The van der Waals surface area contributed by atoms with Crippen molar-refractivity contribution in [1.29, 1.82) is 0 Å². The van der Waals surface area contributed by atoms with Crippen LogP contribution in [0.15, 0.2) is 48.5 Å². The maximum Gasteiger partial charge on any atom is 0.151 e. The molecule has 2 aromatic carbocycles. The summed E-state index contributed by atoms with van der Waals surface area (Å²) in [5.74, 6) is 6.77. The Bertz CT molecular complexity index is 471. The number of rotatable bonds is 3. The van der Waals surface area contributed by atoms with Crippen LogP contribution >= 0.6 is 11.6 Å². The van der Waals surface area contributed by atoms with Gasteiger partial charge in [0.25, 0.3) is 0 Å². The molecule has 0 aromatic heterocycles. The van der Waals surface area contributed by atoms with Crippen molar-refractivity contribution in [2.45, 2.75) is 0 Å². The lowest BCUT2D eigenvalue weighted by molar-refractivity contribution is 0.484. The van der Waals surface area contributed by atoms with E-state index in [1.54, 1.807) is 24.3 Å². The van der Waals surface area contributed by atoms with Gasteiger partial charge in [-0.25, -0.2) is 0 Å². The van der Waals surface area contributed by atoms with Crippen molar-refractivity contribution in [3.8, 4) is 11.5 Å². The largest absolute Gasteiger partial charge is 0.455 e. The molecule has 0 unspecified atom stereocenters. The van der Waals surface area contributed by atoms with Crippen LogP contribution in [0.2, 0.25) is 5.02 Å². The Morgan fingerprint density at radius 3 is 2.38 bits per heavy atom. The monoisotopic (exact) mass is 234 g/mol. The third-order valence-electron chi connectivity index (χ3n) is 2.08.